The molecule has 0 aromatic carbocycles. The number of hydrogen-bond acceptors (Lipinski definition) is 7. The molecule has 0 spiro atoms. The van der Waals surface area contributed by atoms with Crippen LogP contribution >= 0.6 is 22.7 Å². The molecule has 148 valence electrons. The Morgan fingerprint density at radius 3 is 2.96 bits per heavy atom. The van der Waals surface area contributed by atoms with Crippen molar-refractivity contribution < 1.29 is 9.53 Å². The van der Waals surface area contributed by atoms with Crippen molar-refractivity contribution in [1.29, 1.82) is 0 Å². The zero-order valence-corrected chi connectivity index (χ0v) is 17.5. The Morgan fingerprint density at radius 1 is 1.46 bits per heavy atom. The summed E-state index contributed by atoms with van der Waals surface area (Å²) in [5.74, 6) is 0.396. The monoisotopic (exact) mass is 419 g/mol. The Kier molecular flexibility index (Phi) is 4.96. The third-order valence-corrected chi connectivity index (χ3v) is 7.17. The number of fused-ring (bicyclic) bond motifs is 3. The normalized spacial score (nSPS) is 17.5. The van der Waals surface area contributed by atoms with Crippen molar-refractivity contribution in [3.63, 3.8) is 0 Å². The standard InChI is InChI=1S/C19H21N3O4S2/c1-9-4-5-12-13(6-9)28-18-15(12)17(24)20-16(21-18)11(3)26-14(23)7-22-10(2)8-27-19(22)25/h8-9,11H,4-7H2,1-3H3,(H,20,21,24)/t9-,11+/m0/s1. The van der Waals surface area contributed by atoms with Crippen molar-refractivity contribution in [3.05, 3.63) is 47.4 Å². The third kappa shape index (κ3) is 3.44. The molecule has 0 radical (unpaired) electrons. The second-order valence-corrected chi connectivity index (χ2v) is 9.25. The van der Waals surface area contributed by atoms with Crippen LogP contribution in [0.5, 0.6) is 0 Å². The largest absolute Gasteiger partial charge is 0.453 e. The fourth-order valence-corrected chi connectivity index (χ4v) is 5.70. The number of carbonyl (C=O) groups is 1. The molecule has 2 atom stereocenters. The number of carbonyl (C=O) groups excluding carboxylic acids is 1. The summed E-state index contributed by atoms with van der Waals surface area (Å²) >= 11 is 2.61. The van der Waals surface area contributed by atoms with Crippen molar-refractivity contribution >= 4 is 38.9 Å². The van der Waals surface area contributed by atoms with Gasteiger partial charge in [-0.2, -0.15) is 0 Å². The number of thiophene rings is 1. The number of aromatic nitrogens is 3. The Labute approximate surface area is 169 Å². The molecule has 4 rings (SSSR count). The van der Waals surface area contributed by atoms with Gasteiger partial charge in [0.05, 0.1) is 5.39 Å². The van der Waals surface area contributed by atoms with Crippen LogP contribution in [0.2, 0.25) is 0 Å². The summed E-state index contributed by atoms with van der Waals surface area (Å²) in [7, 11) is 0. The van der Waals surface area contributed by atoms with Crippen molar-refractivity contribution in [1.82, 2.24) is 14.5 Å². The Bertz CT molecular complexity index is 1170. The number of nitrogens with zero attached hydrogens (tertiary/aromatic N) is 2. The predicted molar refractivity (Wildman–Crippen MR) is 109 cm³/mol. The van der Waals surface area contributed by atoms with Crippen LogP contribution in [0.1, 0.15) is 48.3 Å². The molecule has 0 fully saturated rings. The highest BCUT2D eigenvalue weighted by atomic mass is 32.1. The first-order valence-electron chi connectivity index (χ1n) is 9.22. The minimum absolute atomic E-state index is 0.157. The highest BCUT2D eigenvalue weighted by Gasteiger charge is 2.24. The molecule has 0 amide bonds. The highest BCUT2D eigenvalue weighted by molar-refractivity contribution is 7.18. The zero-order valence-electron chi connectivity index (χ0n) is 15.9. The van der Waals surface area contributed by atoms with Gasteiger partial charge in [-0.15, -0.1) is 11.3 Å². The average Bonchev–Trinajstić information content (AvgIpc) is 3.15. The first kappa shape index (κ1) is 19.1. The molecule has 1 aliphatic rings. The van der Waals surface area contributed by atoms with Crippen molar-refractivity contribution in [2.75, 3.05) is 0 Å². The zero-order chi connectivity index (χ0) is 20.0. The number of ether oxygens (including phenoxy) is 1. The maximum atomic E-state index is 12.7. The molecule has 1 N–H and O–H groups in total. The van der Waals surface area contributed by atoms with E-state index in [0.717, 1.165) is 36.2 Å². The van der Waals surface area contributed by atoms with E-state index in [1.165, 1.54) is 9.44 Å². The van der Waals surface area contributed by atoms with E-state index in [2.05, 4.69) is 16.9 Å². The van der Waals surface area contributed by atoms with Gasteiger partial charge < -0.3 is 9.72 Å². The fraction of sp³-hybridized carbons (Fsp3) is 0.474. The van der Waals surface area contributed by atoms with Gasteiger partial charge in [-0.1, -0.05) is 18.3 Å². The number of aromatic amines is 1. The summed E-state index contributed by atoms with van der Waals surface area (Å²) in [6.45, 7) is 5.50. The molecule has 28 heavy (non-hydrogen) atoms. The number of esters is 1. The molecule has 0 unspecified atom stereocenters. The highest BCUT2D eigenvalue weighted by Crippen LogP contribution is 2.35. The van der Waals surface area contributed by atoms with Gasteiger partial charge in [-0.05, 0) is 44.6 Å². The Morgan fingerprint density at radius 2 is 2.25 bits per heavy atom. The van der Waals surface area contributed by atoms with Crippen LogP contribution in [0, 0.1) is 12.8 Å². The van der Waals surface area contributed by atoms with Crippen molar-refractivity contribution in [2.24, 2.45) is 5.92 Å². The summed E-state index contributed by atoms with van der Waals surface area (Å²) in [4.78, 5) is 45.8. The molecule has 3 aromatic heterocycles. The number of thiazole rings is 1. The SMILES string of the molecule is Cc1csc(=O)n1CC(=O)O[C@H](C)c1nc2sc3c(c2c(=O)[nH]1)CC[C@H](C)C3. The minimum atomic E-state index is -0.711. The Balaban J connectivity index is 1.58. The molecule has 0 aliphatic heterocycles. The average molecular weight is 420 g/mol. The van der Waals surface area contributed by atoms with Gasteiger partial charge in [0, 0.05) is 16.0 Å². The molecule has 3 heterocycles. The van der Waals surface area contributed by atoms with E-state index in [1.54, 1.807) is 30.6 Å². The lowest BCUT2D eigenvalue weighted by molar-refractivity contribution is -0.149. The molecule has 0 bridgehead atoms. The summed E-state index contributed by atoms with van der Waals surface area (Å²) in [6.07, 6.45) is 2.25. The predicted octanol–water partition coefficient (Wildman–Crippen LogP) is 2.95. The van der Waals surface area contributed by atoms with Gasteiger partial charge in [0.15, 0.2) is 11.9 Å². The van der Waals surface area contributed by atoms with E-state index in [-0.39, 0.29) is 17.0 Å². The van der Waals surface area contributed by atoms with E-state index >= 15 is 0 Å². The van der Waals surface area contributed by atoms with Crippen LogP contribution in [0.4, 0.5) is 0 Å². The maximum Gasteiger partial charge on any atom is 0.326 e. The lowest BCUT2D eigenvalue weighted by atomic mass is 9.89. The molecule has 0 saturated heterocycles. The second kappa shape index (κ2) is 7.29. The van der Waals surface area contributed by atoms with E-state index < -0.39 is 12.1 Å². The van der Waals surface area contributed by atoms with Crippen LogP contribution < -0.4 is 10.4 Å². The molecule has 9 heteroatoms. The molecule has 3 aromatic rings. The maximum absolute atomic E-state index is 12.7. The summed E-state index contributed by atoms with van der Waals surface area (Å²) in [5.41, 5.74) is 1.65. The molecule has 0 saturated carbocycles. The van der Waals surface area contributed by atoms with Gasteiger partial charge in [0.25, 0.3) is 5.56 Å². The van der Waals surface area contributed by atoms with Crippen molar-refractivity contribution in [3.8, 4) is 0 Å². The smallest absolute Gasteiger partial charge is 0.326 e. The number of H-pyrrole nitrogens is 1. The number of aryl methyl sites for hydroxylation is 2. The van der Waals surface area contributed by atoms with Crippen LogP contribution in [0.3, 0.4) is 0 Å². The molecular formula is C19H21N3O4S2. The van der Waals surface area contributed by atoms with E-state index in [1.807, 2.05) is 0 Å². The topological polar surface area (TPSA) is 94.0 Å². The van der Waals surface area contributed by atoms with E-state index in [9.17, 15) is 14.4 Å². The fourth-order valence-electron chi connectivity index (χ4n) is 3.57. The van der Waals surface area contributed by atoms with Crippen LogP contribution in [-0.2, 0) is 28.9 Å². The second-order valence-electron chi connectivity index (χ2n) is 7.34. The Hall–Kier alpha value is -2.26. The summed E-state index contributed by atoms with van der Waals surface area (Å²) in [6, 6.07) is 0. The number of rotatable bonds is 4. The summed E-state index contributed by atoms with van der Waals surface area (Å²) in [5, 5.41) is 2.38. The van der Waals surface area contributed by atoms with Gasteiger partial charge in [-0.25, -0.2) is 4.98 Å². The summed E-state index contributed by atoms with van der Waals surface area (Å²) < 4.78 is 6.79. The van der Waals surface area contributed by atoms with Crippen LogP contribution in [-0.4, -0.2) is 20.5 Å². The van der Waals surface area contributed by atoms with Gasteiger partial charge in [0.1, 0.15) is 11.4 Å². The number of hydrogen-bond donors (Lipinski definition) is 1. The van der Waals surface area contributed by atoms with Crippen molar-refractivity contribution in [2.45, 2.75) is 52.7 Å². The van der Waals surface area contributed by atoms with E-state index in [4.69, 9.17) is 4.74 Å². The van der Waals surface area contributed by atoms with Crippen LogP contribution in [0.15, 0.2) is 15.0 Å². The van der Waals surface area contributed by atoms with E-state index in [0.29, 0.717) is 27.7 Å². The van der Waals surface area contributed by atoms with Gasteiger partial charge >= 0.3 is 10.8 Å². The molecular weight excluding hydrogens is 398 g/mol. The minimum Gasteiger partial charge on any atom is -0.453 e. The molecule has 7 nitrogen and oxygen atoms in total. The van der Waals surface area contributed by atoms with Gasteiger partial charge in [0.2, 0.25) is 0 Å². The third-order valence-electron chi connectivity index (χ3n) is 5.14. The number of nitrogens with one attached hydrogen (secondary N) is 1. The van der Waals surface area contributed by atoms with Gasteiger partial charge in [-0.3, -0.25) is 19.0 Å². The first-order chi connectivity index (χ1) is 13.3. The van der Waals surface area contributed by atoms with Crippen LogP contribution in [0.25, 0.3) is 10.2 Å². The molecule has 1 aliphatic carbocycles. The quantitative estimate of drug-likeness (QED) is 0.656. The first-order valence-corrected chi connectivity index (χ1v) is 10.9. The lowest BCUT2D eigenvalue weighted by Gasteiger charge is -2.17. The lowest BCUT2D eigenvalue weighted by Crippen LogP contribution is -2.24.